The Morgan fingerprint density at radius 3 is 2.24 bits per heavy atom. The number of alkyl halides is 3. The highest BCUT2D eigenvalue weighted by molar-refractivity contribution is 7.92. The van der Waals surface area contributed by atoms with Crippen LogP contribution in [0.1, 0.15) is 71.6 Å². The van der Waals surface area contributed by atoms with E-state index in [1.165, 1.54) is 27.8 Å². The predicted molar refractivity (Wildman–Crippen MR) is 278 cm³/mol. The van der Waals surface area contributed by atoms with E-state index in [4.69, 9.17) is 4.74 Å². The normalized spacial score (nSPS) is 16.0. The van der Waals surface area contributed by atoms with Gasteiger partial charge in [-0.3, -0.25) is 19.1 Å². The Hall–Kier alpha value is -7.50. The molecule has 19 nitrogen and oxygen atoms in total. The minimum atomic E-state index is -4.65. The first kappa shape index (κ1) is 52.4. The second-order valence-electron chi connectivity index (χ2n) is 19.3. The van der Waals surface area contributed by atoms with Gasteiger partial charge in [0.25, 0.3) is 11.8 Å². The maximum Gasteiger partial charge on any atom is 0.405 e. The zero-order valence-corrected chi connectivity index (χ0v) is 43.0. The van der Waals surface area contributed by atoms with Crippen LogP contribution >= 0.6 is 0 Å². The summed E-state index contributed by atoms with van der Waals surface area (Å²) in [5.74, 6) is -1.21. The van der Waals surface area contributed by atoms with Crippen molar-refractivity contribution in [2.75, 3.05) is 91.7 Å². The molecule has 6 aromatic rings. The lowest BCUT2D eigenvalue weighted by molar-refractivity contribution is -0.123. The van der Waals surface area contributed by atoms with Gasteiger partial charge in [-0.2, -0.15) is 18.2 Å². The summed E-state index contributed by atoms with van der Waals surface area (Å²) in [5.41, 5.74) is 4.29. The van der Waals surface area contributed by atoms with Crippen molar-refractivity contribution in [2.24, 2.45) is 5.92 Å². The van der Waals surface area contributed by atoms with Gasteiger partial charge in [-0.05, 0) is 85.2 Å². The molecule has 3 aliphatic heterocycles. The summed E-state index contributed by atoms with van der Waals surface area (Å²) in [6.45, 7) is 11.3. The van der Waals surface area contributed by atoms with Crippen molar-refractivity contribution < 1.29 is 46.1 Å². The number of phenols is 2. The number of anilines is 6. The summed E-state index contributed by atoms with van der Waals surface area (Å²) in [5, 5.41) is 34.5. The van der Waals surface area contributed by atoms with Crippen LogP contribution in [0.5, 0.6) is 17.2 Å². The molecular formula is C52H59F3N12O7S. The molecular weight excluding hydrogens is 994 g/mol. The van der Waals surface area contributed by atoms with Crippen LogP contribution in [-0.2, 0) is 16.6 Å². The molecule has 2 fully saturated rings. The molecule has 0 bridgehead atoms. The van der Waals surface area contributed by atoms with E-state index in [1.807, 2.05) is 56.4 Å². The number of piperazine rings is 1. The molecule has 0 spiro atoms. The Bertz CT molecular complexity index is 3200. The van der Waals surface area contributed by atoms with Crippen LogP contribution in [0.3, 0.4) is 0 Å². The van der Waals surface area contributed by atoms with E-state index in [0.717, 1.165) is 80.5 Å². The average molecular weight is 1050 g/mol. The molecule has 0 saturated carbocycles. The standard InChI is InChI=1S/C52H59F3N12O7S/c1-6-74-45-25-36(15-16-40(45)58-51-56-28-42-47(59-51)67(75(5,72)73)41-10-8-7-9-37(41)50(71)62(42)4)65-19-17-34(18-20-65)30-64-23-21-63(22-24-64)29-33-11-13-35(14-12-33)66-46(39-26-38(32(2)3)43(68)27-44(39)69)60-61-48(66)49(70)57-31-52(53,54)55/h7-16,25-28,32,34,68-69H,6,17-24,29-31H2,1-5H3,(H,57,70)(H,56,58,59). The number of nitrogens with zero attached hydrogens (tertiary/aromatic N) is 10. The van der Waals surface area contributed by atoms with Crippen LogP contribution in [-0.4, -0.2) is 143 Å². The fraction of sp³-hybridized carbons (Fsp3) is 0.385. The lowest BCUT2D eigenvalue weighted by Crippen LogP contribution is -2.48. The number of carbonyl (C=O) groups excluding carboxylic acids is 2. The van der Waals surface area contributed by atoms with E-state index >= 15 is 0 Å². The summed E-state index contributed by atoms with van der Waals surface area (Å²) in [6.07, 6.45) is -0.119. The number of nitrogens with one attached hydrogen (secondary N) is 2. The molecule has 0 aliphatic carbocycles. The number of amides is 2. The molecule has 0 unspecified atom stereocenters. The van der Waals surface area contributed by atoms with Gasteiger partial charge < -0.3 is 40.3 Å². The fourth-order valence-corrected chi connectivity index (χ4v) is 10.8. The third-order valence-corrected chi connectivity index (χ3v) is 14.7. The van der Waals surface area contributed by atoms with Crippen molar-refractivity contribution in [1.82, 2.24) is 39.8 Å². The molecule has 0 atom stereocenters. The SMILES string of the molecule is CCOc1cc(N2CCC(CN3CCN(Cc4ccc(-n5c(C(=O)NCC(F)(F)F)nnc5-c5cc(C(C)C)c(O)cc5O)cc4)CC3)CC2)ccc1Nc1ncc2c(n1)N(S(C)(=O)=O)c1ccccc1C(=O)N2C. The number of phenolic OH excluding ortho intramolecular Hbond substituents is 2. The van der Waals surface area contributed by atoms with Crippen LogP contribution in [0.25, 0.3) is 17.1 Å². The van der Waals surface area contributed by atoms with E-state index in [-0.39, 0.29) is 63.4 Å². The number of aromatic nitrogens is 5. The van der Waals surface area contributed by atoms with Crippen LogP contribution in [0.4, 0.5) is 47.7 Å². The number of hydrogen-bond donors (Lipinski definition) is 4. The number of aromatic hydroxyl groups is 2. The van der Waals surface area contributed by atoms with Crippen LogP contribution < -0.4 is 29.5 Å². The molecule has 4 N–H and O–H groups in total. The number of piperidine rings is 1. The first-order valence-corrected chi connectivity index (χ1v) is 26.5. The predicted octanol–water partition coefficient (Wildman–Crippen LogP) is 7.42. The van der Waals surface area contributed by atoms with Gasteiger partial charge in [-0.1, -0.05) is 38.1 Å². The lowest BCUT2D eigenvalue weighted by Gasteiger charge is -2.39. The van der Waals surface area contributed by atoms with Crippen LogP contribution in [0, 0.1) is 5.92 Å². The van der Waals surface area contributed by atoms with Crippen molar-refractivity contribution in [2.45, 2.75) is 52.3 Å². The third kappa shape index (κ3) is 11.4. The van der Waals surface area contributed by atoms with Crippen molar-refractivity contribution in [3.8, 4) is 34.3 Å². The number of fused-ring (bicyclic) bond motifs is 2. The smallest absolute Gasteiger partial charge is 0.405 e. The number of halogens is 3. The monoisotopic (exact) mass is 1050 g/mol. The molecule has 5 heterocycles. The van der Waals surface area contributed by atoms with Crippen molar-refractivity contribution in [3.63, 3.8) is 0 Å². The van der Waals surface area contributed by atoms with Gasteiger partial charge in [-0.15, -0.1) is 10.2 Å². The van der Waals surface area contributed by atoms with Gasteiger partial charge >= 0.3 is 6.18 Å². The zero-order chi connectivity index (χ0) is 53.3. The highest BCUT2D eigenvalue weighted by Crippen LogP contribution is 2.42. The molecule has 2 aromatic heterocycles. The first-order valence-electron chi connectivity index (χ1n) is 24.7. The summed E-state index contributed by atoms with van der Waals surface area (Å²) in [7, 11) is -2.38. The second kappa shape index (κ2) is 21.4. The van der Waals surface area contributed by atoms with Gasteiger partial charge in [0.15, 0.2) is 11.6 Å². The van der Waals surface area contributed by atoms with Gasteiger partial charge in [0, 0.05) is 82.9 Å². The average Bonchev–Trinajstić information content (AvgIpc) is 3.78. The number of carbonyl (C=O) groups is 2. The second-order valence-corrected chi connectivity index (χ2v) is 21.1. The third-order valence-electron chi connectivity index (χ3n) is 13.7. The van der Waals surface area contributed by atoms with Crippen molar-refractivity contribution in [1.29, 1.82) is 0 Å². The van der Waals surface area contributed by atoms with Crippen LogP contribution in [0.2, 0.25) is 0 Å². The molecule has 23 heteroatoms. The summed E-state index contributed by atoms with van der Waals surface area (Å²) in [4.78, 5) is 44.2. The summed E-state index contributed by atoms with van der Waals surface area (Å²) < 4.78 is 74.3. The molecule has 2 saturated heterocycles. The Balaban J connectivity index is 0.805. The first-order chi connectivity index (χ1) is 35.8. The van der Waals surface area contributed by atoms with Crippen molar-refractivity contribution >= 4 is 56.4 Å². The van der Waals surface area contributed by atoms with Gasteiger partial charge in [0.2, 0.25) is 21.8 Å². The maximum atomic E-state index is 13.4. The largest absolute Gasteiger partial charge is 0.508 e. The van der Waals surface area contributed by atoms with Gasteiger partial charge in [0.1, 0.15) is 29.5 Å². The minimum Gasteiger partial charge on any atom is -0.508 e. The van der Waals surface area contributed by atoms with E-state index in [9.17, 15) is 41.4 Å². The molecule has 4 aromatic carbocycles. The quantitative estimate of drug-likeness (QED) is 0.0788. The van der Waals surface area contributed by atoms with Gasteiger partial charge in [-0.25, -0.2) is 17.7 Å². The molecule has 75 heavy (non-hydrogen) atoms. The molecule has 3 aliphatic rings. The topological polar surface area (TPSA) is 215 Å². The van der Waals surface area contributed by atoms with Gasteiger partial charge in [0.05, 0.1) is 41.6 Å². The van der Waals surface area contributed by atoms with E-state index in [0.29, 0.717) is 41.8 Å². The fourth-order valence-electron chi connectivity index (χ4n) is 9.81. The number of ether oxygens (including phenoxy) is 1. The zero-order valence-electron chi connectivity index (χ0n) is 42.2. The molecule has 0 radical (unpaired) electrons. The van der Waals surface area contributed by atoms with E-state index in [1.54, 1.807) is 43.4 Å². The molecule has 396 valence electrons. The Morgan fingerprint density at radius 1 is 0.867 bits per heavy atom. The Kier molecular flexibility index (Phi) is 14.9. The number of benzene rings is 4. The highest BCUT2D eigenvalue weighted by atomic mass is 32.2. The highest BCUT2D eigenvalue weighted by Gasteiger charge is 2.36. The number of rotatable bonds is 15. The summed E-state index contributed by atoms with van der Waals surface area (Å²) in [6, 6.07) is 22.4. The Labute approximate surface area is 432 Å². The minimum absolute atomic E-state index is 0.0174. The van der Waals surface area contributed by atoms with Crippen molar-refractivity contribution in [3.05, 3.63) is 108 Å². The van der Waals surface area contributed by atoms with E-state index < -0.39 is 34.5 Å². The number of para-hydroxylation sites is 1. The maximum absolute atomic E-state index is 13.4. The lowest BCUT2D eigenvalue weighted by atomic mass is 9.95. The number of hydrogen-bond acceptors (Lipinski definition) is 15. The Morgan fingerprint density at radius 2 is 1.56 bits per heavy atom. The molecule has 2 amide bonds. The number of sulfonamides is 1. The van der Waals surface area contributed by atoms with E-state index in [2.05, 4.69) is 40.2 Å². The van der Waals surface area contributed by atoms with Crippen LogP contribution in [0.15, 0.2) is 85.1 Å². The molecule has 9 rings (SSSR count). The summed E-state index contributed by atoms with van der Waals surface area (Å²) >= 11 is 0.